The van der Waals surface area contributed by atoms with E-state index in [0.29, 0.717) is 17.5 Å². The van der Waals surface area contributed by atoms with Crippen LogP contribution < -0.4 is 5.76 Å². The van der Waals surface area contributed by atoms with Crippen LogP contribution in [0, 0.1) is 0 Å². The highest BCUT2D eigenvalue weighted by Gasteiger charge is 2.30. The Bertz CT molecular complexity index is 1160. The summed E-state index contributed by atoms with van der Waals surface area (Å²) < 4.78 is 48.1. The molecule has 7 nitrogen and oxygen atoms in total. The van der Waals surface area contributed by atoms with Crippen molar-refractivity contribution in [1.29, 1.82) is 0 Å². The predicted molar refractivity (Wildman–Crippen MR) is 90.1 cm³/mol. The van der Waals surface area contributed by atoms with Crippen LogP contribution in [0.3, 0.4) is 0 Å². The first-order valence-electron chi connectivity index (χ1n) is 8.04. The van der Waals surface area contributed by atoms with E-state index in [1.54, 1.807) is 18.2 Å². The van der Waals surface area contributed by atoms with Crippen molar-refractivity contribution in [2.24, 2.45) is 0 Å². The Morgan fingerprint density at radius 2 is 1.68 bits per heavy atom. The molecule has 0 saturated heterocycles. The maximum absolute atomic E-state index is 12.7. The van der Waals surface area contributed by atoms with Gasteiger partial charge in [0.05, 0.1) is 5.56 Å². The van der Waals surface area contributed by atoms with E-state index in [2.05, 4.69) is 24.9 Å². The van der Waals surface area contributed by atoms with Crippen molar-refractivity contribution in [3.8, 4) is 23.2 Å². The van der Waals surface area contributed by atoms with E-state index in [9.17, 15) is 18.0 Å². The van der Waals surface area contributed by atoms with Crippen molar-refractivity contribution < 1.29 is 22.1 Å². The third kappa shape index (κ3) is 3.56. The number of aromatic amines is 1. The predicted octanol–water partition coefficient (Wildman–Crippen LogP) is 3.69. The number of hydrogen-bond acceptors (Lipinski definition) is 6. The number of nitrogens with zero attached hydrogens (tertiary/aromatic N) is 3. The van der Waals surface area contributed by atoms with Crippen LogP contribution in [0.1, 0.15) is 16.7 Å². The smallest absolute Gasteiger partial charge is 0.413 e. The largest absolute Gasteiger partial charge is 0.439 e. The molecule has 0 aliphatic rings. The Hall–Kier alpha value is -3.69. The van der Waals surface area contributed by atoms with E-state index in [-0.39, 0.29) is 17.6 Å². The minimum Gasteiger partial charge on any atom is -0.413 e. The Morgan fingerprint density at radius 3 is 2.36 bits per heavy atom. The average Bonchev–Trinajstić information content (AvgIpc) is 3.31. The molecule has 0 saturated carbocycles. The molecule has 2 aromatic heterocycles. The van der Waals surface area contributed by atoms with E-state index in [1.807, 2.05) is 6.07 Å². The quantitative estimate of drug-likeness (QED) is 0.573. The van der Waals surface area contributed by atoms with Gasteiger partial charge in [0.2, 0.25) is 11.7 Å². The van der Waals surface area contributed by atoms with Crippen molar-refractivity contribution in [2.75, 3.05) is 0 Å². The van der Waals surface area contributed by atoms with Crippen molar-refractivity contribution in [3.05, 3.63) is 75.8 Å². The number of alkyl halides is 3. The molecule has 0 unspecified atom stereocenters. The molecule has 0 aliphatic heterocycles. The van der Waals surface area contributed by atoms with Crippen LogP contribution in [0.5, 0.6) is 0 Å². The molecule has 4 rings (SSSR count). The highest BCUT2D eigenvalue weighted by Crippen LogP contribution is 2.30. The number of aromatic nitrogens is 4. The summed E-state index contributed by atoms with van der Waals surface area (Å²) in [6, 6.07) is 12.1. The molecule has 0 amide bonds. The molecule has 1 N–H and O–H groups in total. The first-order chi connectivity index (χ1) is 13.4. The van der Waals surface area contributed by atoms with E-state index in [1.165, 1.54) is 12.1 Å². The van der Waals surface area contributed by atoms with Gasteiger partial charge in [0.1, 0.15) is 0 Å². The standard InChI is InChI=1S/C18H11F3N4O3/c19-18(20,21)12-7-5-10(6-8-12)9-11-3-1-2-4-13(11)15-23-24-16(27-15)14-22-17(26)28-25-14/h1-8H,9H2,(H,22,25,26). The molecule has 0 bridgehead atoms. The zero-order valence-corrected chi connectivity index (χ0v) is 14.0. The van der Waals surface area contributed by atoms with Gasteiger partial charge in [-0.2, -0.15) is 13.2 Å². The summed E-state index contributed by atoms with van der Waals surface area (Å²) in [6.07, 6.45) is -4.01. The summed E-state index contributed by atoms with van der Waals surface area (Å²) in [5, 5.41) is 11.3. The number of halogens is 3. The number of nitrogens with one attached hydrogen (secondary N) is 1. The first kappa shape index (κ1) is 17.7. The number of H-pyrrole nitrogens is 1. The van der Waals surface area contributed by atoms with Gasteiger partial charge in [-0.25, -0.2) is 4.79 Å². The molecule has 0 atom stereocenters. The number of rotatable bonds is 4. The molecular weight excluding hydrogens is 377 g/mol. The van der Waals surface area contributed by atoms with E-state index < -0.39 is 17.5 Å². The summed E-state index contributed by atoms with van der Waals surface area (Å²) in [6.45, 7) is 0. The van der Waals surface area contributed by atoms with E-state index >= 15 is 0 Å². The monoisotopic (exact) mass is 388 g/mol. The Morgan fingerprint density at radius 1 is 0.964 bits per heavy atom. The van der Waals surface area contributed by atoms with Gasteiger partial charge in [0.25, 0.3) is 5.89 Å². The van der Waals surface area contributed by atoms with E-state index in [4.69, 9.17) is 4.42 Å². The Labute approximate surface area is 154 Å². The molecule has 2 heterocycles. The van der Waals surface area contributed by atoms with Crippen LogP contribution in [0.2, 0.25) is 0 Å². The van der Waals surface area contributed by atoms with Gasteiger partial charge in [-0.15, -0.1) is 10.2 Å². The van der Waals surface area contributed by atoms with Gasteiger partial charge >= 0.3 is 11.9 Å². The van der Waals surface area contributed by atoms with Crippen molar-refractivity contribution >= 4 is 0 Å². The zero-order chi connectivity index (χ0) is 19.7. The van der Waals surface area contributed by atoms with Crippen LogP contribution in [0.4, 0.5) is 13.2 Å². The molecule has 28 heavy (non-hydrogen) atoms. The maximum atomic E-state index is 12.7. The number of benzene rings is 2. The van der Waals surface area contributed by atoms with Crippen molar-refractivity contribution in [2.45, 2.75) is 12.6 Å². The van der Waals surface area contributed by atoms with Crippen LogP contribution >= 0.6 is 0 Å². The van der Waals surface area contributed by atoms with Gasteiger partial charge < -0.3 is 4.42 Å². The fourth-order valence-electron chi connectivity index (χ4n) is 2.66. The lowest BCUT2D eigenvalue weighted by Gasteiger charge is -2.09. The summed E-state index contributed by atoms with van der Waals surface area (Å²) >= 11 is 0. The van der Waals surface area contributed by atoms with Crippen molar-refractivity contribution in [1.82, 2.24) is 20.3 Å². The third-order valence-corrected chi connectivity index (χ3v) is 3.99. The fraction of sp³-hybridized carbons (Fsp3) is 0.111. The molecule has 4 aromatic rings. The van der Waals surface area contributed by atoms with Gasteiger partial charge in [0.15, 0.2) is 0 Å². The third-order valence-electron chi connectivity index (χ3n) is 3.99. The topological polar surface area (TPSA) is 97.8 Å². The lowest BCUT2D eigenvalue weighted by atomic mass is 9.99. The van der Waals surface area contributed by atoms with Gasteiger partial charge in [-0.3, -0.25) is 9.51 Å². The first-order valence-corrected chi connectivity index (χ1v) is 8.04. The zero-order valence-electron chi connectivity index (χ0n) is 14.0. The molecule has 0 fully saturated rings. The molecule has 2 aromatic carbocycles. The van der Waals surface area contributed by atoms with E-state index in [0.717, 1.165) is 17.7 Å². The Kier molecular flexibility index (Phi) is 4.30. The average molecular weight is 388 g/mol. The van der Waals surface area contributed by atoms with Crippen LogP contribution in [0.15, 0.2) is 62.3 Å². The van der Waals surface area contributed by atoms with Crippen LogP contribution in [-0.4, -0.2) is 20.3 Å². The molecule has 10 heteroatoms. The minimum atomic E-state index is -4.38. The van der Waals surface area contributed by atoms with Crippen LogP contribution in [-0.2, 0) is 12.6 Å². The summed E-state index contributed by atoms with van der Waals surface area (Å²) in [4.78, 5) is 13.3. The lowest BCUT2D eigenvalue weighted by molar-refractivity contribution is -0.137. The Balaban J connectivity index is 1.63. The highest BCUT2D eigenvalue weighted by molar-refractivity contribution is 5.60. The van der Waals surface area contributed by atoms with Crippen LogP contribution in [0.25, 0.3) is 23.2 Å². The minimum absolute atomic E-state index is 0.00368. The molecular formula is C18H11F3N4O3. The highest BCUT2D eigenvalue weighted by atomic mass is 19.4. The maximum Gasteiger partial charge on any atom is 0.439 e. The second-order valence-electron chi connectivity index (χ2n) is 5.88. The molecule has 0 aliphatic carbocycles. The second-order valence-corrected chi connectivity index (χ2v) is 5.88. The lowest BCUT2D eigenvalue weighted by Crippen LogP contribution is -2.04. The summed E-state index contributed by atoms with van der Waals surface area (Å²) in [7, 11) is 0. The molecule has 0 spiro atoms. The fourth-order valence-corrected chi connectivity index (χ4v) is 2.66. The SMILES string of the molecule is O=c1[nH]c(-c2nnc(-c3ccccc3Cc3ccc(C(F)(F)F)cc3)o2)no1. The molecule has 142 valence electrons. The van der Waals surface area contributed by atoms with Gasteiger partial charge in [-0.1, -0.05) is 30.3 Å². The van der Waals surface area contributed by atoms with Gasteiger partial charge in [0, 0.05) is 5.56 Å². The summed E-state index contributed by atoms with van der Waals surface area (Å²) in [5.41, 5.74) is 1.40. The summed E-state index contributed by atoms with van der Waals surface area (Å²) in [5.74, 6) is -0.590. The van der Waals surface area contributed by atoms with Crippen molar-refractivity contribution in [3.63, 3.8) is 0 Å². The second kappa shape index (κ2) is 6.80. The van der Waals surface area contributed by atoms with Gasteiger partial charge in [-0.05, 0) is 40.9 Å². The number of hydrogen-bond donors (Lipinski definition) is 1. The normalized spacial score (nSPS) is 11.7. The molecule has 0 radical (unpaired) electrons.